The fourth-order valence-corrected chi connectivity index (χ4v) is 6.41. The summed E-state index contributed by atoms with van der Waals surface area (Å²) in [7, 11) is -1.87. The quantitative estimate of drug-likeness (QED) is 0.807. The highest BCUT2D eigenvalue weighted by atomic mass is 35.7. The van der Waals surface area contributed by atoms with E-state index in [1.807, 2.05) is 0 Å². The Morgan fingerprint density at radius 2 is 1.81 bits per heavy atom. The molecule has 1 atom stereocenters. The van der Waals surface area contributed by atoms with Gasteiger partial charge >= 0.3 is 0 Å². The molecule has 0 radical (unpaired) electrons. The van der Waals surface area contributed by atoms with Crippen LogP contribution in [0.4, 0.5) is 0 Å². The van der Waals surface area contributed by atoms with Gasteiger partial charge in [0.15, 0.2) is 0 Å². The molecule has 1 aliphatic rings. The van der Waals surface area contributed by atoms with Crippen LogP contribution in [0, 0.1) is 0 Å². The number of hydrogen-bond donors (Lipinski definition) is 1. The summed E-state index contributed by atoms with van der Waals surface area (Å²) in [5.74, 6) is 0. The van der Waals surface area contributed by atoms with Crippen molar-refractivity contribution >= 4 is 41.1 Å². The molecule has 5 nitrogen and oxygen atoms in total. The Labute approximate surface area is 134 Å². The Morgan fingerprint density at radius 3 is 2.33 bits per heavy atom. The van der Waals surface area contributed by atoms with Crippen LogP contribution in [0.3, 0.4) is 0 Å². The molecule has 120 valence electrons. The van der Waals surface area contributed by atoms with E-state index in [9.17, 15) is 16.8 Å². The van der Waals surface area contributed by atoms with Crippen LogP contribution in [0.25, 0.3) is 0 Å². The number of sulfonamides is 1. The molecular formula is C12H18ClNO4S3. The standard InChI is InChI=1S/C12H18ClNO4S3/c1-9(11-7-8-12(19-11)20(13,15)16)14-21(17,18)10-5-3-2-4-6-10/h7-10,14H,2-6H2,1H3. The van der Waals surface area contributed by atoms with E-state index in [-0.39, 0.29) is 9.46 Å². The van der Waals surface area contributed by atoms with E-state index in [2.05, 4.69) is 4.72 Å². The first-order valence-electron chi connectivity index (χ1n) is 6.76. The summed E-state index contributed by atoms with van der Waals surface area (Å²) in [6.07, 6.45) is 4.34. The molecule has 0 bridgehead atoms. The second kappa shape index (κ2) is 6.54. The minimum Gasteiger partial charge on any atom is -0.212 e. The molecule has 0 saturated heterocycles. The van der Waals surface area contributed by atoms with E-state index in [0.29, 0.717) is 17.7 Å². The number of hydrogen-bond acceptors (Lipinski definition) is 5. The maximum Gasteiger partial charge on any atom is 0.270 e. The monoisotopic (exact) mass is 371 g/mol. The molecule has 9 heteroatoms. The molecule has 1 aromatic heterocycles. The lowest BCUT2D eigenvalue weighted by molar-refractivity contribution is 0.473. The van der Waals surface area contributed by atoms with Gasteiger partial charge in [-0.1, -0.05) is 19.3 Å². The maximum absolute atomic E-state index is 12.3. The highest BCUT2D eigenvalue weighted by Gasteiger charge is 2.29. The van der Waals surface area contributed by atoms with E-state index in [1.54, 1.807) is 13.0 Å². The van der Waals surface area contributed by atoms with Gasteiger partial charge in [-0.2, -0.15) is 0 Å². The fourth-order valence-electron chi connectivity index (χ4n) is 2.47. The largest absolute Gasteiger partial charge is 0.270 e. The van der Waals surface area contributed by atoms with Gasteiger partial charge in [0.05, 0.1) is 11.3 Å². The zero-order valence-corrected chi connectivity index (χ0v) is 14.8. The van der Waals surface area contributed by atoms with Crippen LogP contribution < -0.4 is 4.72 Å². The first-order valence-corrected chi connectivity index (χ1v) is 11.4. The lowest BCUT2D eigenvalue weighted by atomic mass is 10.0. The highest BCUT2D eigenvalue weighted by Crippen LogP contribution is 2.30. The van der Waals surface area contributed by atoms with Crippen LogP contribution >= 0.6 is 22.0 Å². The van der Waals surface area contributed by atoms with Crippen molar-refractivity contribution in [2.24, 2.45) is 0 Å². The minimum absolute atomic E-state index is 0.0304. The first kappa shape index (κ1) is 17.2. The lowest BCUT2D eigenvalue weighted by Gasteiger charge is -2.23. The predicted molar refractivity (Wildman–Crippen MR) is 84.7 cm³/mol. The van der Waals surface area contributed by atoms with Crippen LogP contribution in [0.5, 0.6) is 0 Å². The van der Waals surface area contributed by atoms with E-state index in [1.165, 1.54) is 6.07 Å². The lowest BCUT2D eigenvalue weighted by Crippen LogP contribution is -2.36. The fraction of sp³-hybridized carbons (Fsp3) is 0.667. The molecule has 0 amide bonds. The summed E-state index contributed by atoms with van der Waals surface area (Å²) in [6, 6.07) is 2.52. The van der Waals surface area contributed by atoms with Crippen molar-refractivity contribution in [1.82, 2.24) is 4.72 Å². The summed E-state index contributed by atoms with van der Waals surface area (Å²) in [6.45, 7) is 1.71. The summed E-state index contributed by atoms with van der Waals surface area (Å²) in [5.41, 5.74) is 0. The normalized spacial score (nSPS) is 19.5. The second-order valence-electron chi connectivity index (χ2n) is 5.24. The Kier molecular flexibility index (Phi) is 5.36. The van der Waals surface area contributed by atoms with Gasteiger partial charge in [-0.05, 0) is 31.9 Å². The third kappa shape index (κ3) is 4.41. The van der Waals surface area contributed by atoms with Crippen LogP contribution in [0.15, 0.2) is 16.3 Å². The van der Waals surface area contributed by atoms with Crippen LogP contribution in [0.2, 0.25) is 0 Å². The Balaban J connectivity index is 2.10. The number of nitrogens with one attached hydrogen (secondary N) is 1. The van der Waals surface area contributed by atoms with Crippen molar-refractivity contribution in [1.29, 1.82) is 0 Å². The molecule has 2 rings (SSSR count). The van der Waals surface area contributed by atoms with Gasteiger partial charge in [0.2, 0.25) is 10.0 Å². The zero-order valence-electron chi connectivity index (χ0n) is 11.6. The Hall–Kier alpha value is -0.150. The van der Waals surface area contributed by atoms with Crippen molar-refractivity contribution in [2.45, 2.75) is 54.5 Å². The summed E-state index contributed by atoms with van der Waals surface area (Å²) < 4.78 is 49.8. The molecule has 0 aliphatic heterocycles. The van der Waals surface area contributed by atoms with Crippen LogP contribution in [-0.4, -0.2) is 22.1 Å². The predicted octanol–water partition coefficient (Wildman–Crippen LogP) is 2.99. The molecule has 1 heterocycles. The van der Waals surface area contributed by atoms with E-state index in [4.69, 9.17) is 10.7 Å². The molecule has 0 aromatic carbocycles. The third-order valence-electron chi connectivity index (χ3n) is 3.60. The SMILES string of the molecule is CC(NS(=O)(=O)C1CCCCC1)c1ccc(S(=O)(=O)Cl)s1. The van der Waals surface area contributed by atoms with Gasteiger partial charge in [-0.25, -0.2) is 21.6 Å². The summed E-state index contributed by atoms with van der Waals surface area (Å²) in [5, 5.41) is -0.343. The minimum atomic E-state index is -3.77. The van der Waals surface area contributed by atoms with Gasteiger partial charge in [0, 0.05) is 15.6 Å². The van der Waals surface area contributed by atoms with Crippen LogP contribution in [-0.2, 0) is 19.1 Å². The van der Waals surface area contributed by atoms with Crippen molar-refractivity contribution in [3.05, 3.63) is 17.0 Å². The molecule has 1 fully saturated rings. The van der Waals surface area contributed by atoms with E-state index >= 15 is 0 Å². The first-order chi connectivity index (χ1) is 9.70. The molecule has 1 saturated carbocycles. The van der Waals surface area contributed by atoms with Crippen molar-refractivity contribution in [3.63, 3.8) is 0 Å². The molecule has 1 unspecified atom stereocenters. The number of rotatable bonds is 5. The smallest absolute Gasteiger partial charge is 0.212 e. The average Bonchev–Trinajstić information content (AvgIpc) is 2.89. The third-order valence-corrected chi connectivity index (χ3v) is 8.99. The highest BCUT2D eigenvalue weighted by molar-refractivity contribution is 8.15. The maximum atomic E-state index is 12.3. The van der Waals surface area contributed by atoms with E-state index < -0.39 is 25.1 Å². The van der Waals surface area contributed by atoms with Crippen LogP contribution in [0.1, 0.15) is 49.9 Å². The van der Waals surface area contributed by atoms with Crippen molar-refractivity contribution < 1.29 is 16.8 Å². The summed E-state index contributed by atoms with van der Waals surface area (Å²) >= 11 is 0.988. The molecular weight excluding hydrogens is 354 g/mol. The molecule has 0 spiro atoms. The Bertz CT molecular complexity index is 690. The van der Waals surface area contributed by atoms with Gasteiger partial charge < -0.3 is 0 Å². The molecule has 1 N–H and O–H groups in total. The van der Waals surface area contributed by atoms with Gasteiger partial charge in [-0.15, -0.1) is 11.3 Å². The zero-order chi connectivity index (χ0) is 15.7. The van der Waals surface area contributed by atoms with Crippen molar-refractivity contribution in [3.8, 4) is 0 Å². The van der Waals surface area contributed by atoms with Gasteiger partial charge in [-0.3, -0.25) is 0 Å². The van der Waals surface area contributed by atoms with E-state index in [0.717, 1.165) is 30.6 Å². The average molecular weight is 372 g/mol. The molecule has 1 aromatic rings. The number of thiophene rings is 1. The van der Waals surface area contributed by atoms with Gasteiger partial charge in [0.25, 0.3) is 9.05 Å². The molecule has 21 heavy (non-hydrogen) atoms. The molecule has 1 aliphatic carbocycles. The summed E-state index contributed by atoms with van der Waals surface area (Å²) in [4.78, 5) is 0.633. The van der Waals surface area contributed by atoms with Crippen molar-refractivity contribution in [2.75, 3.05) is 0 Å². The Morgan fingerprint density at radius 1 is 1.19 bits per heavy atom. The number of halogens is 1. The topological polar surface area (TPSA) is 80.3 Å². The van der Waals surface area contributed by atoms with Gasteiger partial charge in [0.1, 0.15) is 4.21 Å². The second-order valence-corrected chi connectivity index (χ2v) is 11.1.